The maximum atomic E-state index is 13.8. The molecule has 2 aromatic carbocycles. The van der Waals surface area contributed by atoms with Crippen LogP contribution in [-0.2, 0) is 13.2 Å². The van der Waals surface area contributed by atoms with Crippen LogP contribution in [0.25, 0.3) is 0 Å². The summed E-state index contributed by atoms with van der Waals surface area (Å²) in [6.07, 6.45) is 1.52. The minimum atomic E-state index is -0.500. The number of aryl methyl sites for hydroxylation is 1. The summed E-state index contributed by atoms with van der Waals surface area (Å²) < 4.78 is 26.5. The highest BCUT2D eigenvalue weighted by Gasteiger charge is 2.16. The number of ether oxygens (including phenoxy) is 1. The third-order valence-electron chi connectivity index (χ3n) is 4.50. The van der Waals surface area contributed by atoms with Crippen LogP contribution in [0.15, 0.2) is 71.3 Å². The highest BCUT2D eigenvalue weighted by molar-refractivity contribution is 6.33. The second-order valence-corrected chi connectivity index (χ2v) is 7.35. The first-order valence-electron chi connectivity index (χ1n) is 9.54. The average Bonchev–Trinajstić information content (AvgIpc) is 3.35. The van der Waals surface area contributed by atoms with Gasteiger partial charge < -0.3 is 14.5 Å². The quantitative estimate of drug-likeness (QED) is 0.415. The molecule has 1 amide bonds. The van der Waals surface area contributed by atoms with Crippen molar-refractivity contribution in [2.45, 2.75) is 20.1 Å². The molecule has 2 heterocycles. The first kappa shape index (κ1) is 20.7. The number of rotatable bonds is 7. The normalized spacial score (nSPS) is 10.8. The number of nitrogens with one attached hydrogen (secondary N) is 1. The molecule has 158 valence electrons. The lowest BCUT2D eigenvalue weighted by Crippen LogP contribution is -2.12. The van der Waals surface area contributed by atoms with Gasteiger partial charge in [-0.15, -0.1) is 0 Å². The Balaban J connectivity index is 1.38. The van der Waals surface area contributed by atoms with Crippen molar-refractivity contribution >= 4 is 23.3 Å². The number of nitrogens with zero attached hydrogens (tertiary/aromatic N) is 2. The molecular formula is C23H19ClFN3O3. The van der Waals surface area contributed by atoms with Gasteiger partial charge in [0.15, 0.2) is 11.6 Å². The molecule has 8 heteroatoms. The van der Waals surface area contributed by atoms with E-state index in [9.17, 15) is 9.18 Å². The molecule has 0 aliphatic heterocycles. The van der Waals surface area contributed by atoms with E-state index >= 15 is 0 Å². The van der Waals surface area contributed by atoms with Crippen molar-refractivity contribution in [2.75, 3.05) is 5.32 Å². The first-order valence-corrected chi connectivity index (χ1v) is 9.91. The van der Waals surface area contributed by atoms with Crippen LogP contribution in [-0.4, -0.2) is 15.7 Å². The molecule has 0 aliphatic carbocycles. The fraction of sp³-hybridized carbons (Fsp3) is 0.130. The van der Waals surface area contributed by atoms with Crippen LogP contribution in [0.5, 0.6) is 5.75 Å². The van der Waals surface area contributed by atoms with Crippen molar-refractivity contribution in [2.24, 2.45) is 0 Å². The number of carbonyl (C=O) groups is 1. The number of furan rings is 1. The highest BCUT2D eigenvalue weighted by atomic mass is 35.5. The molecule has 0 radical (unpaired) electrons. The molecule has 0 fully saturated rings. The molecule has 0 saturated heterocycles. The molecule has 6 nitrogen and oxygen atoms in total. The van der Waals surface area contributed by atoms with Crippen LogP contribution < -0.4 is 10.1 Å². The topological polar surface area (TPSA) is 69.3 Å². The number of carbonyl (C=O) groups excluding carboxylic acids is 1. The zero-order chi connectivity index (χ0) is 21.8. The summed E-state index contributed by atoms with van der Waals surface area (Å²) in [6, 6.07) is 17.3. The van der Waals surface area contributed by atoms with Gasteiger partial charge in [-0.05, 0) is 42.8 Å². The predicted molar refractivity (Wildman–Crippen MR) is 115 cm³/mol. The predicted octanol–water partition coefficient (Wildman–Crippen LogP) is 5.46. The number of halogens is 2. The SMILES string of the molecule is Cc1cccc(OCc2ccc(C(=O)Nc3nn(Cc4ccccc4F)cc3Cl)o2)c1. The Morgan fingerprint density at radius 2 is 2.03 bits per heavy atom. The second kappa shape index (κ2) is 9.06. The van der Waals surface area contributed by atoms with Crippen molar-refractivity contribution in [3.8, 4) is 5.75 Å². The molecule has 1 N–H and O–H groups in total. The van der Waals surface area contributed by atoms with E-state index in [0.717, 1.165) is 11.3 Å². The van der Waals surface area contributed by atoms with Crippen LogP contribution in [0, 0.1) is 12.7 Å². The van der Waals surface area contributed by atoms with Crippen molar-refractivity contribution in [3.05, 3.63) is 100 Å². The minimum Gasteiger partial charge on any atom is -0.486 e. The number of hydrogen-bond acceptors (Lipinski definition) is 4. The molecule has 31 heavy (non-hydrogen) atoms. The molecule has 0 spiro atoms. The number of hydrogen-bond donors (Lipinski definition) is 1. The molecule has 4 aromatic rings. The monoisotopic (exact) mass is 439 g/mol. The lowest BCUT2D eigenvalue weighted by Gasteiger charge is -2.05. The zero-order valence-corrected chi connectivity index (χ0v) is 17.4. The molecular weight excluding hydrogens is 421 g/mol. The average molecular weight is 440 g/mol. The fourth-order valence-corrected chi connectivity index (χ4v) is 3.17. The summed E-state index contributed by atoms with van der Waals surface area (Å²) in [5.74, 6) is 0.646. The Morgan fingerprint density at radius 3 is 2.84 bits per heavy atom. The molecule has 0 unspecified atom stereocenters. The lowest BCUT2D eigenvalue weighted by molar-refractivity contribution is 0.0992. The number of amides is 1. The van der Waals surface area contributed by atoms with Gasteiger partial charge in [-0.3, -0.25) is 9.48 Å². The van der Waals surface area contributed by atoms with E-state index in [1.165, 1.54) is 16.9 Å². The van der Waals surface area contributed by atoms with Crippen LogP contribution in [0.3, 0.4) is 0 Å². The third-order valence-corrected chi connectivity index (χ3v) is 4.77. The maximum Gasteiger partial charge on any atom is 0.292 e. The molecule has 0 atom stereocenters. The number of aromatic nitrogens is 2. The zero-order valence-electron chi connectivity index (χ0n) is 16.6. The van der Waals surface area contributed by atoms with Gasteiger partial charge in [-0.25, -0.2) is 4.39 Å². The molecule has 0 saturated carbocycles. The van der Waals surface area contributed by atoms with E-state index in [0.29, 0.717) is 11.3 Å². The van der Waals surface area contributed by atoms with Gasteiger partial charge in [0, 0.05) is 11.8 Å². The third kappa shape index (κ3) is 5.13. The van der Waals surface area contributed by atoms with E-state index < -0.39 is 5.91 Å². The van der Waals surface area contributed by atoms with Gasteiger partial charge in [-0.1, -0.05) is 41.9 Å². The van der Waals surface area contributed by atoms with Crippen LogP contribution >= 0.6 is 11.6 Å². The lowest BCUT2D eigenvalue weighted by atomic mass is 10.2. The summed E-state index contributed by atoms with van der Waals surface area (Å²) in [7, 11) is 0. The van der Waals surface area contributed by atoms with Crippen LogP contribution in [0.2, 0.25) is 5.02 Å². The summed E-state index contributed by atoms with van der Waals surface area (Å²) in [4.78, 5) is 12.5. The van der Waals surface area contributed by atoms with Crippen molar-refractivity contribution in [1.29, 1.82) is 0 Å². The van der Waals surface area contributed by atoms with E-state index in [2.05, 4.69) is 10.4 Å². The summed E-state index contributed by atoms with van der Waals surface area (Å²) >= 11 is 6.18. The number of benzene rings is 2. The maximum absolute atomic E-state index is 13.8. The van der Waals surface area contributed by atoms with E-state index in [4.69, 9.17) is 20.8 Å². The standard InChI is InChI=1S/C23H19ClFN3O3/c1-15-5-4-7-17(11-15)30-14-18-9-10-21(31-18)23(29)26-22-19(24)13-28(27-22)12-16-6-2-3-8-20(16)25/h2-11,13H,12,14H2,1H3,(H,26,27,29). The fourth-order valence-electron chi connectivity index (χ4n) is 2.97. The minimum absolute atomic E-state index is 0.0996. The Hall–Kier alpha value is -3.58. The van der Waals surface area contributed by atoms with Gasteiger partial charge in [0.25, 0.3) is 5.91 Å². The van der Waals surface area contributed by atoms with Crippen molar-refractivity contribution in [1.82, 2.24) is 9.78 Å². The van der Waals surface area contributed by atoms with E-state index in [-0.39, 0.29) is 35.6 Å². The van der Waals surface area contributed by atoms with Gasteiger partial charge in [0.05, 0.1) is 6.54 Å². The van der Waals surface area contributed by atoms with Gasteiger partial charge in [-0.2, -0.15) is 5.10 Å². The first-order chi connectivity index (χ1) is 15.0. The molecule has 0 bridgehead atoms. The van der Waals surface area contributed by atoms with Crippen molar-refractivity contribution in [3.63, 3.8) is 0 Å². The van der Waals surface area contributed by atoms with Gasteiger partial charge >= 0.3 is 0 Å². The Morgan fingerprint density at radius 1 is 1.19 bits per heavy atom. The number of anilines is 1. The van der Waals surface area contributed by atoms with Crippen LogP contribution in [0.1, 0.15) is 27.4 Å². The summed E-state index contributed by atoms with van der Waals surface area (Å²) in [5.41, 5.74) is 1.55. The van der Waals surface area contributed by atoms with Crippen molar-refractivity contribution < 1.29 is 18.3 Å². The Kier molecular flexibility index (Phi) is 6.04. The second-order valence-electron chi connectivity index (χ2n) is 6.94. The molecule has 4 rings (SSSR count). The highest BCUT2D eigenvalue weighted by Crippen LogP contribution is 2.22. The molecule has 0 aliphatic rings. The smallest absolute Gasteiger partial charge is 0.292 e. The Labute approximate surface area is 183 Å². The summed E-state index contributed by atoms with van der Waals surface area (Å²) in [6.45, 7) is 2.35. The van der Waals surface area contributed by atoms with Gasteiger partial charge in [0.1, 0.15) is 29.0 Å². The van der Waals surface area contributed by atoms with E-state index in [1.54, 1.807) is 30.3 Å². The van der Waals surface area contributed by atoms with Crippen LogP contribution in [0.4, 0.5) is 10.2 Å². The van der Waals surface area contributed by atoms with Gasteiger partial charge in [0.2, 0.25) is 0 Å². The van der Waals surface area contributed by atoms with E-state index in [1.807, 2.05) is 31.2 Å². The summed E-state index contributed by atoms with van der Waals surface area (Å²) in [5, 5.41) is 7.07. The largest absolute Gasteiger partial charge is 0.486 e. The Bertz CT molecular complexity index is 1220. The molecule has 2 aromatic heterocycles.